The molecule has 2 aromatic heterocycles. The van der Waals surface area contributed by atoms with Gasteiger partial charge in [0.05, 0.1) is 18.4 Å². The number of aromatic nitrogens is 2. The number of carbonyl (C=O) groups is 1. The van der Waals surface area contributed by atoms with Gasteiger partial charge in [-0.25, -0.2) is 0 Å². The lowest BCUT2D eigenvalue weighted by molar-refractivity contribution is -0.153. The van der Waals surface area contributed by atoms with Crippen molar-refractivity contribution in [1.29, 1.82) is 0 Å². The number of halogens is 3. The Bertz CT molecular complexity index is 914. The van der Waals surface area contributed by atoms with Crippen molar-refractivity contribution in [2.45, 2.75) is 38.1 Å². The molecule has 2 aromatic rings. The number of amides is 1. The van der Waals surface area contributed by atoms with Gasteiger partial charge in [-0.1, -0.05) is 0 Å². The summed E-state index contributed by atoms with van der Waals surface area (Å²) in [4.78, 5) is 17.5. The molecular formula is C19H21F3N4O2. The van der Waals surface area contributed by atoms with Crippen LogP contribution in [0, 0.1) is 0 Å². The van der Waals surface area contributed by atoms with Crippen molar-refractivity contribution < 1.29 is 22.7 Å². The summed E-state index contributed by atoms with van der Waals surface area (Å²) < 4.78 is 46.5. The molecule has 0 unspecified atom stereocenters. The highest BCUT2D eigenvalue weighted by Crippen LogP contribution is 2.50. The molecule has 2 aliphatic rings. The molecular weight excluding hydrogens is 373 g/mol. The zero-order valence-corrected chi connectivity index (χ0v) is 15.4. The number of fused-ring (bicyclic) bond motifs is 4. The van der Waals surface area contributed by atoms with Crippen molar-refractivity contribution in [3.8, 4) is 17.0 Å². The molecule has 28 heavy (non-hydrogen) atoms. The van der Waals surface area contributed by atoms with Gasteiger partial charge < -0.3 is 15.0 Å². The molecule has 2 aliphatic heterocycles. The van der Waals surface area contributed by atoms with Crippen LogP contribution in [0.15, 0.2) is 24.5 Å². The topological polar surface area (TPSA) is 73.4 Å². The summed E-state index contributed by atoms with van der Waals surface area (Å²) >= 11 is 0. The molecule has 0 bridgehead atoms. The van der Waals surface area contributed by atoms with E-state index in [-0.39, 0.29) is 13.1 Å². The van der Waals surface area contributed by atoms with E-state index in [1.807, 2.05) is 17.6 Å². The summed E-state index contributed by atoms with van der Waals surface area (Å²) in [6, 6.07) is 3.56. The maximum absolute atomic E-state index is 12.8. The highest BCUT2D eigenvalue weighted by molar-refractivity contribution is 5.94. The van der Waals surface area contributed by atoms with Gasteiger partial charge in [0.25, 0.3) is 5.91 Å². The van der Waals surface area contributed by atoms with Gasteiger partial charge in [0.2, 0.25) is 0 Å². The minimum atomic E-state index is -4.23. The van der Waals surface area contributed by atoms with E-state index < -0.39 is 24.2 Å². The first kappa shape index (κ1) is 18.8. The van der Waals surface area contributed by atoms with Gasteiger partial charge in [0.1, 0.15) is 17.0 Å². The predicted molar refractivity (Wildman–Crippen MR) is 95.9 cm³/mol. The van der Waals surface area contributed by atoms with E-state index in [2.05, 4.69) is 4.98 Å². The van der Waals surface area contributed by atoms with Gasteiger partial charge in [0, 0.05) is 49.8 Å². The highest BCUT2D eigenvalue weighted by atomic mass is 19.4. The zero-order valence-electron chi connectivity index (χ0n) is 15.4. The van der Waals surface area contributed by atoms with Gasteiger partial charge >= 0.3 is 6.18 Å². The van der Waals surface area contributed by atoms with Crippen molar-refractivity contribution in [3.05, 3.63) is 35.8 Å². The number of likely N-dealkylation sites (tertiary alicyclic amines) is 1. The summed E-state index contributed by atoms with van der Waals surface area (Å²) in [6.07, 6.45) is -0.205. The quantitative estimate of drug-likeness (QED) is 0.869. The summed E-state index contributed by atoms with van der Waals surface area (Å²) in [5.74, 6) is 0.0274. The molecule has 1 spiro atoms. The molecule has 0 atom stereocenters. The predicted octanol–water partition coefficient (Wildman–Crippen LogP) is 2.91. The van der Waals surface area contributed by atoms with Gasteiger partial charge in [-0.2, -0.15) is 13.2 Å². The lowest BCUT2D eigenvalue weighted by Crippen LogP contribution is -2.49. The van der Waals surface area contributed by atoms with E-state index >= 15 is 0 Å². The van der Waals surface area contributed by atoms with E-state index in [4.69, 9.17) is 10.5 Å². The first-order valence-electron chi connectivity index (χ1n) is 9.20. The monoisotopic (exact) mass is 394 g/mol. The van der Waals surface area contributed by atoms with E-state index in [1.54, 1.807) is 18.5 Å². The van der Waals surface area contributed by atoms with Gasteiger partial charge in [-0.05, 0) is 19.1 Å². The van der Waals surface area contributed by atoms with E-state index in [1.165, 1.54) is 4.90 Å². The summed E-state index contributed by atoms with van der Waals surface area (Å²) in [6.45, 7) is 2.01. The van der Waals surface area contributed by atoms with Crippen LogP contribution in [0.4, 0.5) is 13.2 Å². The largest absolute Gasteiger partial charge is 0.480 e. The van der Waals surface area contributed by atoms with Crippen LogP contribution in [0.1, 0.15) is 35.8 Å². The molecule has 1 fully saturated rings. The number of ether oxygens (including phenoxy) is 1. The highest BCUT2D eigenvalue weighted by Gasteiger charge is 2.47. The van der Waals surface area contributed by atoms with Crippen LogP contribution >= 0.6 is 0 Å². The molecule has 1 amide bonds. The summed E-state index contributed by atoms with van der Waals surface area (Å²) in [5, 5.41) is 0. The summed E-state index contributed by atoms with van der Waals surface area (Å²) in [5.41, 5.74) is 7.62. The second-order valence-electron chi connectivity index (χ2n) is 7.26. The Labute approximate surface area is 160 Å². The molecule has 0 saturated carbocycles. The van der Waals surface area contributed by atoms with E-state index in [9.17, 15) is 18.0 Å². The van der Waals surface area contributed by atoms with Gasteiger partial charge in [0.15, 0.2) is 0 Å². The average molecular weight is 394 g/mol. The molecule has 150 valence electrons. The first-order chi connectivity index (χ1) is 13.2. The number of pyridine rings is 1. The van der Waals surface area contributed by atoms with Crippen LogP contribution in [0.2, 0.25) is 0 Å². The van der Waals surface area contributed by atoms with Crippen LogP contribution in [-0.2, 0) is 12.1 Å². The van der Waals surface area contributed by atoms with Crippen LogP contribution in [0.5, 0.6) is 5.75 Å². The SMILES string of the molecule is CCn1c(C(N)=O)cc2c1-c1ccncc1OC21CCN(CC(F)(F)F)CC1. The Balaban J connectivity index is 1.78. The molecule has 0 aromatic carbocycles. The maximum atomic E-state index is 12.8. The number of piperidine rings is 1. The Morgan fingerprint density at radius 1 is 1.36 bits per heavy atom. The number of rotatable bonds is 3. The Kier molecular flexibility index (Phi) is 4.37. The molecule has 4 heterocycles. The van der Waals surface area contributed by atoms with Crippen molar-refractivity contribution in [2.75, 3.05) is 19.6 Å². The normalized spacial score (nSPS) is 18.4. The molecule has 2 N–H and O–H groups in total. The van der Waals surface area contributed by atoms with Crippen molar-refractivity contribution >= 4 is 5.91 Å². The average Bonchev–Trinajstić information content (AvgIpc) is 3.04. The molecule has 0 radical (unpaired) electrons. The molecule has 6 nitrogen and oxygen atoms in total. The third-order valence-corrected chi connectivity index (χ3v) is 5.57. The number of primary amides is 1. The third kappa shape index (κ3) is 3.03. The lowest BCUT2D eigenvalue weighted by Gasteiger charge is -2.44. The number of carbonyl (C=O) groups excluding carboxylic acids is 1. The van der Waals surface area contributed by atoms with E-state index in [0.29, 0.717) is 30.8 Å². The zero-order chi connectivity index (χ0) is 20.1. The second kappa shape index (κ2) is 6.51. The molecule has 1 saturated heterocycles. The summed E-state index contributed by atoms with van der Waals surface area (Å²) in [7, 11) is 0. The van der Waals surface area contributed by atoms with Crippen LogP contribution < -0.4 is 10.5 Å². The maximum Gasteiger partial charge on any atom is 0.401 e. The van der Waals surface area contributed by atoms with Crippen molar-refractivity contribution in [3.63, 3.8) is 0 Å². The third-order valence-electron chi connectivity index (χ3n) is 5.57. The van der Waals surface area contributed by atoms with Gasteiger partial charge in [-0.3, -0.25) is 14.7 Å². The number of hydrogen-bond donors (Lipinski definition) is 1. The minimum Gasteiger partial charge on any atom is -0.480 e. The van der Waals surface area contributed by atoms with Gasteiger partial charge in [-0.15, -0.1) is 0 Å². The number of hydrogen-bond acceptors (Lipinski definition) is 4. The molecule has 4 rings (SSSR count). The van der Waals surface area contributed by atoms with Crippen LogP contribution in [0.3, 0.4) is 0 Å². The second-order valence-corrected chi connectivity index (χ2v) is 7.26. The smallest absolute Gasteiger partial charge is 0.401 e. The minimum absolute atomic E-state index is 0.248. The Morgan fingerprint density at radius 2 is 2.07 bits per heavy atom. The molecule has 0 aliphatic carbocycles. The Hall–Kier alpha value is -2.55. The number of nitrogens with two attached hydrogens (primary N) is 1. The number of nitrogens with zero attached hydrogens (tertiary/aromatic N) is 3. The Morgan fingerprint density at radius 3 is 2.68 bits per heavy atom. The lowest BCUT2D eigenvalue weighted by atomic mass is 9.81. The fraction of sp³-hybridized carbons (Fsp3) is 0.474. The fourth-order valence-electron chi connectivity index (χ4n) is 4.34. The first-order valence-corrected chi connectivity index (χ1v) is 9.20. The van der Waals surface area contributed by atoms with Crippen molar-refractivity contribution in [1.82, 2.24) is 14.5 Å². The van der Waals surface area contributed by atoms with Crippen LogP contribution in [-0.4, -0.2) is 46.2 Å². The van der Waals surface area contributed by atoms with Crippen LogP contribution in [0.25, 0.3) is 11.3 Å². The number of alkyl halides is 3. The molecule has 9 heteroatoms. The van der Waals surface area contributed by atoms with E-state index in [0.717, 1.165) is 16.8 Å². The van der Waals surface area contributed by atoms with Crippen molar-refractivity contribution in [2.24, 2.45) is 5.73 Å². The fourth-order valence-corrected chi connectivity index (χ4v) is 4.34. The standard InChI is InChI=1S/C19H21F3N4O2/c1-2-26-14(17(23)27)9-13-16(26)12-3-6-24-10-15(12)28-18(13)4-7-25(8-5-18)11-19(20,21)22/h3,6,9-10H,2,4-5,7-8,11H2,1H3,(H2,23,27).